The smallest absolute Gasteiger partial charge is 0.296 e. The third-order valence-corrected chi connectivity index (χ3v) is 5.37. The zero-order chi connectivity index (χ0) is 19.1. The van der Waals surface area contributed by atoms with Gasteiger partial charge in [0.25, 0.3) is 5.91 Å². The summed E-state index contributed by atoms with van der Waals surface area (Å²) in [6, 6.07) is 6.68. The second-order valence-corrected chi connectivity index (χ2v) is 7.13. The first kappa shape index (κ1) is 17.7. The molecule has 0 bridgehead atoms. The molecule has 0 fully saturated rings. The number of hydrogen-bond donors (Lipinski definition) is 1. The number of furan rings is 1. The Morgan fingerprint density at radius 3 is 2.56 bits per heavy atom. The number of Topliss-reactive ketones (excluding diaryl/α,β-unsaturated/α-hetero) is 1. The van der Waals surface area contributed by atoms with Crippen molar-refractivity contribution >= 4 is 51.4 Å². The van der Waals surface area contributed by atoms with Crippen LogP contribution in [-0.2, 0) is 4.79 Å². The quantitative estimate of drug-likeness (QED) is 0.633. The number of anilines is 1. The average Bonchev–Trinajstić information content (AvgIpc) is 3.38. The first-order valence-corrected chi connectivity index (χ1v) is 9.19. The number of nitrogens with zero attached hydrogens (tertiary/aromatic N) is 3. The first-order chi connectivity index (χ1) is 13.0. The summed E-state index contributed by atoms with van der Waals surface area (Å²) in [4.78, 5) is 26.9. The van der Waals surface area contributed by atoms with Crippen LogP contribution in [0.15, 0.2) is 57.9 Å². The third kappa shape index (κ3) is 2.82. The number of halogens is 2. The number of carbonyl (C=O) groups is 2. The molecule has 27 heavy (non-hydrogen) atoms. The van der Waals surface area contributed by atoms with E-state index in [-0.39, 0.29) is 26.5 Å². The molecular formula is C17H9Cl2N3O4S. The van der Waals surface area contributed by atoms with Gasteiger partial charge in [-0.3, -0.25) is 14.5 Å². The predicted molar refractivity (Wildman–Crippen MR) is 99.3 cm³/mol. The van der Waals surface area contributed by atoms with E-state index in [4.69, 9.17) is 27.6 Å². The Morgan fingerprint density at radius 2 is 1.96 bits per heavy atom. The largest absolute Gasteiger partial charge is 0.503 e. The number of aliphatic hydroxyl groups is 1. The Hall–Kier alpha value is -2.68. The highest BCUT2D eigenvalue weighted by Crippen LogP contribution is 2.46. The van der Waals surface area contributed by atoms with Gasteiger partial charge in [0.15, 0.2) is 11.5 Å². The van der Waals surface area contributed by atoms with Gasteiger partial charge >= 0.3 is 0 Å². The summed E-state index contributed by atoms with van der Waals surface area (Å²) < 4.78 is 5.15. The first-order valence-electron chi connectivity index (χ1n) is 7.55. The second kappa shape index (κ2) is 6.80. The highest BCUT2D eigenvalue weighted by atomic mass is 35.5. The maximum absolute atomic E-state index is 13.0. The highest BCUT2D eigenvalue weighted by Gasteiger charge is 2.47. The molecule has 136 valence electrons. The van der Waals surface area contributed by atoms with Crippen molar-refractivity contribution in [1.29, 1.82) is 0 Å². The minimum atomic E-state index is -1.08. The minimum absolute atomic E-state index is 0.0309. The van der Waals surface area contributed by atoms with E-state index >= 15 is 0 Å². The molecule has 1 aliphatic heterocycles. The number of rotatable bonds is 4. The van der Waals surface area contributed by atoms with Crippen molar-refractivity contribution in [3.63, 3.8) is 0 Å². The van der Waals surface area contributed by atoms with E-state index in [2.05, 4.69) is 10.2 Å². The van der Waals surface area contributed by atoms with Crippen molar-refractivity contribution in [2.75, 3.05) is 4.90 Å². The van der Waals surface area contributed by atoms with Gasteiger partial charge in [0, 0.05) is 15.6 Å². The van der Waals surface area contributed by atoms with Gasteiger partial charge in [-0.1, -0.05) is 40.6 Å². The molecule has 1 aromatic carbocycles. The van der Waals surface area contributed by atoms with Crippen LogP contribution in [0.25, 0.3) is 0 Å². The van der Waals surface area contributed by atoms with Crippen molar-refractivity contribution in [2.24, 2.45) is 0 Å². The summed E-state index contributed by atoms with van der Waals surface area (Å²) in [5.74, 6) is -2.20. The summed E-state index contributed by atoms with van der Waals surface area (Å²) in [6.07, 6.45) is 1.32. The summed E-state index contributed by atoms with van der Waals surface area (Å²) >= 11 is 13.7. The summed E-state index contributed by atoms with van der Waals surface area (Å²) in [7, 11) is 0. The predicted octanol–water partition coefficient (Wildman–Crippen LogP) is 4.22. The molecule has 2 aromatic heterocycles. The van der Waals surface area contributed by atoms with Gasteiger partial charge in [-0.05, 0) is 24.3 Å². The molecule has 0 radical (unpaired) electrons. The van der Waals surface area contributed by atoms with Crippen LogP contribution in [0.2, 0.25) is 10.0 Å². The van der Waals surface area contributed by atoms with Crippen LogP contribution in [0.1, 0.15) is 22.2 Å². The molecule has 0 spiro atoms. The number of carbonyl (C=O) groups excluding carboxylic acids is 2. The molecule has 0 saturated carbocycles. The Balaban J connectivity index is 1.95. The number of ketones is 1. The lowest BCUT2D eigenvalue weighted by atomic mass is 9.95. The summed E-state index contributed by atoms with van der Waals surface area (Å²) in [5.41, 5.74) is 1.53. The fourth-order valence-electron chi connectivity index (χ4n) is 2.89. The van der Waals surface area contributed by atoms with E-state index in [9.17, 15) is 14.7 Å². The number of hydrogen-bond acceptors (Lipinski definition) is 7. The average molecular weight is 422 g/mol. The number of amides is 1. The van der Waals surface area contributed by atoms with Gasteiger partial charge in [0.2, 0.25) is 10.9 Å². The van der Waals surface area contributed by atoms with Crippen molar-refractivity contribution in [3.05, 3.63) is 74.8 Å². The van der Waals surface area contributed by atoms with E-state index < -0.39 is 23.5 Å². The van der Waals surface area contributed by atoms with Crippen LogP contribution in [-0.4, -0.2) is 27.0 Å². The van der Waals surface area contributed by atoms with Crippen molar-refractivity contribution < 1.29 is 19.1 Å². The van der Waals surface area contributed by atoms with E-state index in [0.717, 1.165) is 16.2 Å². The van der Waals surface area contributed by atoms with Gasteiger partial charge in [-0.25, -0.2) is 0 Å². The van der Waals surface area contributed by atoms with Crippen LogP contribution in [0.4, 0.5) is 5.13 Å². The normalized spacial score (nSPS) is 17.0. The fourth-order valence-corrected chi connectivity index (χ4v) is 4.08. The van der Waals surface area contributed by atoms with E-state index in [1.165, 1.54) is 23.9 Å². The Bertz CT molecular complexity index is 1040. The molecule has 1 N–H and O–H groups in total. The monoisotopic (exact) mass is 421 g/mol. The molecule has 1 atom stereocenters. The molecule has 1 amide bonds. The molecular weight excluding hydrogens is 413 g/mol. The molecule has 3 heterocycles. The summed E-state index contributed by atoms with van der Waals surface area (Å²) in [5, 5.41) is 18.8. The number of benzene rings is 1. The molecule has 3 aromatic rings. The van der Waals surface area contributed by atoms with Crippen molar-refractivity contribution in [1.82, 2.24) is 10.2 Å². The van der Waals surface area contributed by atoms with Crippen molar-refractivity contribution in [3.8, 4) is 0 Å². The van der Waals surface area contributed by atoms with Crippen LogP contribution in [0.3, 0.4) is 0 Å². The molecule has 7 nitrogen and oxygen atoms in total. The molecule has 1 unspecified atom stereocenters. The SMILES string of the molecule is O=C(C1=C(O)C(=O)N(c2nncs2)C1c1c(Cl)cccc1Cl)c1ccco1. The highest BCUT2D eigenvalue weighted by molar-refractivity contribution is 7.13. The topological polar surface area (TPSA) is 96.5 Å². The molecule has 0 aliphatic carbocycles. The zero-order valence-electron chi connectivity index (χ0n) is 13.3. The zero-order valence-corrected chi connectivity index (χ0v) is 15.6. The van der Waals surface area contributed by atoms with Gasteiger partial charge in [-0.2, -0.15) is 0 Å². The fraction of sp³-hybridized carbons (Fsp3) is 0.0588. The minimum Gasteiger partial charge on any atom is -0.503 e. The maximum Gasteiger partial charge on any atom is 0.296 e. The molecule has 10 heteroatoms. The summed E-state index contributed by atoms with van der Waals surface area (Å²) in [6.45, 7) is 0. The Kier molecular flexibility index (Phi) is 4.47. The number of aromatic nitrogens is 2. The maximum atomic E-state index is 13.0. The van der Waals surface area contributed by atoms with E-state index in [0.29, 0.717) is 5.56 Å². The van der Waals surface area contributed by atoms with Crippen molar-refractivity contribution in [2.45, 2.75) is 6.04 Å². The number of aliphatic hydroxyl groups excluding tert-OH is 1. The second-order valence-electron chi connectivity index (χ2n) is 5.50. The lowest BCUT2D eigenvalue weighted by Crippen LogP contribution is -2.31. The Labute approximate surface area is 166 Å². The third-order valence-electron chi connectivity index (χ3n) is 4.03. The van der Waals surface area contributed by atoms with Gasteiger partial charge in [0.1, 0.15) is 11.6 Å². The van der Waals surface area contributed by atoms with Crippen LogP contribution < -0.4 is 4.90 Å². The molecule has 1 aliphatic rings. The van der Waals surface area contributed by atoms with Gasteiger partial charge < -0.3 is 9.52 Å². The lowest BCUT2D eigenvalue weighted by molar-refractivity contribution is -0.117. The lowest BCUT2D eigenvalue weighted by Gasteiger charge is -2.25. The molecule has 0 saturated heterocycles. The van der Waals surface area contributed by atoms with Gasteiger partial charge in [-0.15, -0.1) is 10.2 Å². The van der Waals surface area contributed by atoms with E-state index in [1.54, 1.807) is 18.2 Å². The van der Waals surface area contributed by atoms with Crippen LogP contribution in [0.5, 0.6) is 0 Å². The Morgan fingerprint density at radius 1 is 1.22 bits per heavy atom. The van der Waals surface area contributed by atoms with Crippen LogP contribution >= 0.6 is 34.5 Å². The van der Waals surface area contributed by atoms with Crippen LogP contribution in [0, 0.1) is 0 Å². The molecule has 4 rings (SSSR count). The standard InChI is InChI=1S/C17H9Cl2N3O4S/c18-8-3-1-4-9(19)11(8)13-12(14(23)10-5-2-6-26-10)15(24)16(25)22(13)17-21-20-7-27-17/h1-7,13,24H. The van der Waals surface area contributed by atoms with Gasteiger partial charge in [0.05, 0.1) is 11.8 Å². The van der Waals surface area contributed by atoms with E-state index in [1.807, 2.05) is 0 Å².